The first-order valence-corrected chi connectivity index (χ1v) is 8.96. The molecular formula is C18H26N4O. The zero-order chi connectivity index (χ0) is 15.6. The fraction of sp³-hybridized carbons (Fsp3) is 0.667. The van der Waals surface area contributed by atoms with Crippen LogP contribution in [-0.4, -0.2) is 64.5 Å². The van der Waals surface area contributed by atoms with E-state index in [1.165, 1.54) is 24.8 Å². The average Bonchev–Trinajstić information content (AvgIpc) is 2.98. The Morgan fingerprint density at radius 2 is 1.87 bits per heavy atom. The quantitative estimate of drug-likeness (QED) is 0.840. The van der Waals surface area contributed by atoms with Crippen molar-refractivity contribution in [2.75, 3.05) is 32.7 Å². The topological polar surface area (TPSA) is 39.7 Å². The first-order valence-electron chi connectivity index (χ1n) is 8.96. The molecule has 4 saturated heterocycles. The molecule has 4 aliphatic heterocycles. The van der Waals surface area contributed by atoms with Gasteiger partial charge in [0, 0.05) is 57.7 Å². The summed E-state index contributed by atoms with van der Waals surface area (Å²) in [5.41, 5.74) is 1.32. The van der Waals surface area contributed by atoms with Crippen LogP contribution < -0.4 is 0 Å². The van der Waals surface area contributed by atoms with E-state index in [0.29, 0.717) is 18.0 Å². The van der Waals surface area contributed by atoms with Gasteiger partial charge in [-0.25, -0.2) is 4.79 Å². The number of hydrogen-bond acceptors (Lipinski definition) is 3. The number of rotatable bonds is 2. The lowest BCUT2D eigenvalue weighted by Crippen LogP contribution is -2.52. The number of nitrogens with zero attached hydrogens (tertiary/aromatic N) is 4. The van der Waals surface area contributed by atoms with Gasteiger partial charge < -0.3 is 9.80 Å². The second-order valence-corrected chi connectivity index (χ2v) is 7.28. The van der Waals surface area contributed by atoms with Crippen molar-refractivity contribution in [2.45, 2.75) is 38.3 Å². The third-order valence-electron chi connectivity index (χ3n) is 5.57. The molecular weight excluding hydrogens is 288 g/mol. The predicted molar refractivity (Wildman–Crippen MR) is 88.9 cm³/mol. The number of urea groups is 1. The van der Waals surface area contributed by atoms with E-state index in [2.05, 4.69) is 31.8 Å². The van der Waals surface area contributed by atoms with Gasteiger partial charge in [-0.05, 0) is 49.3 Å². The number of aromatic nitrogens is 1. The minimum atomic E-state index is 0.294. The summed E-state index contributed by atoms with van der Waals surface area (Å²) in [5, 5.41) is 0. The van der Waals surface area contributed by atoms with Crippen molar-refractivity contribution >= 4 is 6.03 Å². The van der Waals surface area contributed by atoms with Crippen molar-refractivity contribution < 1.29 is 4.79 Å². The summed E-state index contributed by atoms with van der Waals surface area (Å²) in [4.78, 5) is 23.7. The van der Waals surface area contributed by atoms with E-state index in [-0.39, 0.29) is 0 Å². The Bertz CT molecular complexity index is 543. The van der Waals surface area contributed by atoms with Crippen LogP contribution in [0.1, 0.15) is 31.2 Å². The third kappa shape index (κ3) is 3.20. The van der Waals surface area contributed by atoms with Crippen molar-refractivity contribution in [1.29, 1.82) is 0 Å². The molecule has 23 heavy (non-hydrogen) atoms. The number of amides is 2. The molecule has 0 radical (unpaired) electrons. The highest BCUT2D eigenvalue weighted by Crippen LogP contribution is 2.30. The van der Waals surface area contributed by atoms with E-state index in [1.54, 1.807) is 0 Å². The third-order valence-corrected chi connectivity index (χ3v) is 5.57. The van der Waals surface area contributed by atoms with Crippen LogP contribution in [-0.2, 0) is 6.54 Å². The van der Waals surface area contributed by atoms with Crippen molar-refractivity contribution in [3.05, 3.63) is 30.1 Å². The number of carbonyl (C=O) groups excluding carboxylic acids is 1. The zero-order valence-electron chi connectivity index (χ0n) is 13.7. The number of likely N-dealkylation sites (tertiary alicyclic amines) is 1. The SMILES string of the molecule is O=C(N1CCCC1)N1C[C@@H]2CC[C@H]1CN(Cc1ccncc1)C2. The van der Waals surface area contributed by atoms with Gasteiger partial charge in [-0.1, -0.05) is 0 Å². The number of piperidine rings is 1. The lowest BCUT2D eigenvalue weighted by molar-refractivity contribution is 0.114. The Morgan fingerprint density at radius 3 is 2.65 bits per heavy atom. The fourth-order valence-electron chi connectivity index (χ4n) is 4.38. The summed E-state index contributed by atoms with van der Waals surface area (Å²) >= 11 is 0. The standard InChI is InChI=1S/C18H26N4O/c23-18(21-9-1-2-10-21)22-13-16-3-4-17(22)14-20(12-16)11-15-5-7-19-8-6-15/h5-8,16-17H,1-4,9-14H2/t16-,17+/m1/s1. The van der Waals surface area contributed by atoms with Crippen molar-refractivity contribution in [2.24, 2.45) is 5.92 Å². The molecule has 1 aromatic rings. The molecule has 0 unspecified atom stereocenters. The Hall–Kier alpha value is -1.62. The smallest absolute Gasteiger partial charge is 0.320 e. The largest absolute Gasteiger partial charge is 0.325 e. The fourth-order valence-corrected chi connectivity index (χ4v) is 4.38. The number of hydrogen-bond donors (Lipinski definition) is 0. The van der Waals surface area contributed by atoms with Gasteiger partial charge in [0.25, 0.3) is 0 Å². The highest BCUT2D eigenvalue weighted by atomic mass is 16.2. The minimum absolute atomic E-state index is 0.294. The molecule has 0 spiro atoms. The van der Waals surface area contributed by atoms with E-state index in [4.69, 9.17) is 0 Å². The molecule has 0 aliphatic carbocycles. The van der Waals surface area contributed by atoms with E-state index < -0.39 is 0 Å². The van der Waals surface area contributed by atoms with Gasteiger partial charge in [0.1, 0.15) is 0 Å². The molecule has 2 bridgehead atoms. The number of fused-ring (bicyclic) bond motifs is 4. The highest BCUT2D eigenvalue weighted by Gasteiger charge is 2.38. The molecule has 5 heterocycles. The zero-order valence-corrected chi connectivity index (χ0v) is 13.7. The highest BCUT2D eigenvalue weighted by molar-refractivity contribution is 5.75. The van der Waals surface area contributed by atoms with Gasteiger partial charge in [0.05, 0.1) is 0 Å². The lowest BCUT2D eigenvalue weighted by atomic mass is 9.95. The van der Waals surface area contributed by atoms with Gasteiger partial charge >= 0.3 is 6.03 Å². The normalized spacial score (nSPS) is 28.2. The van der Waals surface area contributed by atoms with Crippen LogP contribution in [0.25, 0.3) is 0 Å². The average molecular weight is 314 g/mol. The maximum Gasteiger partial charge on any atom is 0.320 e. The Kier molecular flexibility index (Phi) is 4.21. The van der Waals surface area contributed by atoms with Crippen LogP contribution in [0.15, 0.2) is 24.5 Å². The molecule has 0 N–H and O–H groups in total. The van der Waals surface area contributed by atoms with Crippen molar-refractivity contribution in [1.82, 2.24) is 19.7 Å². The van der Waals surface area contributed by atoms with E-state index in [0.717, 1.165) is 45.7 Å². The van der Waals surface area contributed by atoms with Crippen molar-refractivity contribution in [3.63, 3.8) is 0 Å². The molecule has 0 saturated carbocycles. The minimum Gasteiger partial charge on any atom is -0.325 e. The van der Waals surface area contributed by atoms with Gasteiger partial charge in [0.15, 0.2) is 0 Å². The van der Waals surface area contributed by atoms with Gasteiger partial charge in [-0.3, -0.25) is 9.88 Å². The maximum absolute atomic E-state index is 12.8. The molecule has 2 amide bonds. The van der Waals surface area contributed by atoms with Crippen LogP contribution in [0.4, 0.5) is 4.79 Å². The molecule has 5 heteroatoms. The van der Waals surface area contributed by atoms with Gasteiger partial charge in [0.2, 0.25) is 0 Å². The van der Waals surface area contributed by atoms with Crippen LogP contribution in [0.2, 0.25) is 0 Å². The van der Waals surface area contributed by atoms with E-state index in [9.17, 15) is 4.79 Å². The van der Waals surface area contributed by atoms with Crippen molar-refractivity contribution in [3.8, 4) is 0 Å². The summed E-state index contributed by atoms with van der Waals surface area (Å²) in [5.74, 6) is 0.627. The summed E-state index contributed by atoms with van der Waals surface area (Å²) in [7, 11) is 0. The molecule has 2 atom stereocenters. The molecule has 5 rings (SSSR count). The second kappa shape index (κ2) is 6.48. The molecule has 4 aliphatic rings. The summed E-state index contributed by atoms with van der Waals surface area (Å²) in [6.45, 7) is 5.95. The molecule has 1 aromatic heterocycles. The first kappa shape index (κ1) is 14.9. The van der Waals surface area contributed by atoms with Crippen LogP contribution in [0.5, 0.6) is 0 Å². The summed E-state index contributed by atoms with van der Waals surface area (Å²) in [6, 6.07) is 4.88. The Balaban J connectivity index is 1.45. The van der Waals surface area contributed by atoms with Crippen LogP contribution >= 0.6 is 0 Å². The van der Waals surface area contributed by atoms with Crippen LogP contribution in [0.3, 0.4) is 0 Å². The summed E-state index contributed by atoms with van der Waals surface area (Å²) < 4.78 is 0. The number of carbonyl (C=O) groups is 1. The molecule has 5 nitrogen and oxygen atoms in total. The van der Waals surface area contributed by atoms with Crippen LogP contribution in [0, 0.1) is 5.92 Å². The number of pyridine rings is 1. The molecule has 4 fully saturated rings. The Labute approximate surface area is 138 Å². The predicted octanol–water partition coefficient (Wildman–Crippen LogP) is 2.19. The van der Waals surface area contributed by atoms with E-state index >= 15 is 0 Å². The maximum atomic E-state index is 12.8. The van der Waals surface area contributed by atoms with Gasteiger partial charge in [-0.15, -0.1) is 0 Å². The summed E-state index contributed by atoms with van der Waals surface area (Å²) in [6.07, 6.45) is 8.50. The molecule has 0 aromatic carbocycles. The Morgan fingerprint density at radius 1 is 1.09 bits per heavy atom. The second-order valence-electron chi connectivity index (χ2n) is 7.28. The van der Waals surface area contributed by atoms with E-state index in [1.807, 2.05) is 12.4 Å². The molecule has 124 valence electrons. The monoisotopic (exact) mass is 314 g/mol. The lowest BCUT2D eigenvalue weighted by Gasteiger charge is -2.38. The van der Waals surface area contributed by atoms with Gasteiger partial charge in [-0.2, -0.15) is 0 Å². The first-order chi connectivity index (χ1) is 11.3.